The molecule has 1 aliphatic rings. The summed E-state index contributed by atoms with van der Waals surface area (Å²) in [6.07, 6.45) is 3.69. The third-order valence-electron chi connectivity index (χ3n) is 3.88. The van der Waals surface area contributed by atoms with Gasteiger partial charge in [0, 0.05) is 17.0 Å². The van der Waals surface area contributed by atoms with Gasteiger partial charge in [-0.1, -0.05) is 18.5 Å². The Morgan fingerprint density at radius 2 is 1.92 bits per heavy atom. The Morgan fingerprint density at radius 1 is 1.25 bits per heavy atom. The molecule has 1 saturated carbocycles. The van der Waals surface area contributed by atoms with Crippen molar-refractivity contribution in [1.82, 2.24) is 4.72 Å². The lowest BCUT2D eigenvalue weighted by Gasteiger charge is -2.04. The molecule has 2 aromatic rings. The van der Waals surface area contributed by atoms with Gasteiger partial charge < -0.3 is 4.42 Å². The van der Waals surface area contributed by atoms with Crippen molar-refractivity contribution >= 4 is 33.6 Å². The summed E-state index contributed by atoms with van der Waals surface area (Å²) in [6, 6.07) is 9.20. The van der Waals surface area contributed by atoms with Crippen molar-refractivity contribution in [3.05, 3.63) is 59.0 Å². The molecule has 2 unspecified atom stereocenters. The molecule has 1 fully saturated rings. The van der Waals surface area contributed by atoms with Crippen molar-refractivity contribution in [2.75, 3.05) is 0 Å². The van der Waals surface area contributed by atoms with Crippen molar-refractivity contribution in [1.29, 1.82) is 0 Å². The number of carbonyl (C=O) groups excluding carboxylic acids is 1. The van der Waals surface area contributed by atoms with Crippen LogP contribution in [0, 0.1) is 5.92 Å². The quantitative estimate of drug-likeness (QED) is 0.822. The lowest BCUT2D eigenvalue weighted by atomic mass is 10.3. The van der Waals surface area contributed by atoms with Gasteiger partial charge in [-0.3, -0.25) is 4.79 Å². The number of rotatable bonds is 5. The van der Waals surface area contributed by atoms with E-state index in [0.717, 1.165) is 18.3 Å². The van der Waals surface area contributed by atoms with Crippen LogP contribution in [-0.4, -0.2) is 14.3 Å². The largest absolute Gasteiger partial charge is 0.461 e. The molecular weight excluding hydrogens is 350 g/mol. The monoisotopic (exact) mass is 365 g/mol. The number of carbonyl (C=O) groups is 1. The Balaban J connectivity index is 1.64. The molecule has 3 rings (SSSR count). The number of hydrogen-bond acceptors (Lipinski definition) is 4. The third-order valence-corrected chi connectivity index (χ3v) is 5.50. The zero-order valence-electron chi connectivity index (χ0n) is 12.9. The van der Waals surface area contributed by atoms with E-state index in [9.17, 15) is 13.2 Å². The van der Waals surface area contributed by atoms with Crippen LogP contribution >= 0.6 is 11.6 Å². The average Bonchev–Trinajstić information content (AvgIpc) is 3.07. The molecule has 5 nitrogen and oxygen atoms in total. The maximum absolute atomic E-state index is 12.1. The van der Waals surface area contributed by atoms with Crippen LogP contribution in [0.4, 0.5) is 0 Å². The number of sulfonamides is 1. The minimum absolute atomic E-state index is 0.0309. The first-order valence-electron chi connectivity index (χ1n) is 7.45. The fourth-order valence-corrected chi connectivity index (χ4v) is 3.44. The second-order valence-corrected chi connectivity index (χ2v) is 7.94. The molecule has 126 valence electrons. The number of halogens is 1. The molecule has 1 aliphatic carbocycles. The Hall–Kier alpha value is -2.05. The molecule has 0 bridgehead atoms. The van der Waals surface area contributed by atoms with Gasteiger partial charge in [-0.15, -0.1) is 0 Å². The highest BCUT2D eigenvalue weighted by atomic mass is 35.5. The van der Waals surface area contributed by atoms with Crippen molar-refractivity contribution in [2.24, 2.45) is 5.92 Å². The van der Waals surface area contributed by atoms with Crippen LogP contribution in [-0.2, 0) is 14.8 Å². The summed E-state index contributed by atoms with van der Waals surface area (Å²) in [4.78, 5) is 11.8. The van der Waals surface area contributed by atoms with E-state index >= 15 is 0 Å². The molecule has 1 aromatic carbocycles. The molecule has 1 aromatic heterocycles. The topological polar surface area (TPSA) is 76.4 Å². The summed E-state index contributed by atoms with van der Waals surface area (Å²) in [5, 5.41) is 0.416. The smallest absolute Gasteiger partial charge is 0.264 e. The van der Waals surface area contributed by atoms with Crippen LogP contribution in [0.5, 0.6) is 0 Å². The standard InChI is InChI=1S/C17H16ClNO4S/c1-11-10-15(11)16-8-4-13(23-16)5-9-17(20)19-24(21,22)14-6-2-12(18)3-7-14/h2-9,11,15H,10H2,1H3,(H,19,20)/b9-5+. The van der Waals surface area contributed by atoms with Gasteiger partial charge in [0.15, 0.2) is 0 Å². The van der Waals surface area contributed by atoms with Crippen LogP contribution in [0.25, 0.3) is 6.08 Å². The summed E-state index contributed by atoms with van der Waals surface area (Å²) in [6.45, 7) is 2.15. The van der Waals surface area contributed by atoms with E-state index in [-0.39, 0.29) is 4.90 Å². The lowest BCUT2D eigenvalue weighted by Crippen LogP contribution is -2.28. The van der Waals surface area contributed by atoms with E-state index in [0.29, 0.717) is 22.6 Å². The molecule has 0 aliphatic heterocycles. The van der Waals surface area contributed by atoms with Gasteiger partial charge in [0.2, 0.25) is 0 Å². The predicted octanol–water partition coefficient (Wildman–Crippen LogP) is 3.57. The minimum atomic E-state index is -3.93. The summed E-state index contributed by atoms with van der Waals surface area (Å²) in [7, 11) is -3.93. The van der Waals surface area contributed by atoms with Gasteiger partial charge in [-0.25, -0.2) is 13.1 Å². The molecule has 24 heavy (non-hydrogen) atoms. The van der Waals surface area contributed by atoms with Crippen LogP contribution in [0.3, 0.4) is 0 Å². The molecule has 1 amide bonds. The zero-order valence-corrected chi connectivity index (χ0v) is 14.5. The molecule has 1 heterocycles. The fraction of sp³-hybridized carbons (Fsp3) is 0.235. The van der Waals surface area contributed by atoms with Crippen LogP contribution in [0.2, 0.25) is 5.02 Å². The first-order chi connectivity index (χ1) is 11.3. The maximum atomic E-state index is 12.1. The molecule has 0 spiro atoms. The molecular formula is C17H16ClNO4S. The average molecular weight is 366 g/mol. The normalized spacial score (nSPS) is 20.2. The Kier molecular flexibility index (Phi) is 4.51. The van der Waals surface area contributed by atoms with Crippen LogP contribution < -0.4 is 4.72 Å². The number of hydrogen-bond donors (Lipinski definition) is 1. The number of amides is 1. The summed E-state index contributed by atoms with van der Waals surface area (Å²) in [5.74, 6) is 1.74. The van der Waals surface area contributed by atoms with Crippen LogP contribution in [0.1, 0.15) is 30.8 Å². The molecule has 2 atom stereocenters. The van der Waals surface area contributed by atoms with Gasteiger partial charge in [0.1, 0.15) is 11.5 Å². The van der Waals surface area contributed by atoms with E-state index in [1.54, 1.807) is 6.07 Å². The highest BCUT2D eigenvalue weighted by molar-refractivity contribution is 7.90. The van der Waals surface area contributed by atoms with E-state index in [2.05, 4.69) is 6.92 Å². The summed E-state index contributed by atoms with van der Waals surface area (Å²) in [5.41, 5.74) is 0. The second kappa shape index (κ2) is 6.45. The summed E-state index contributed by atoms with van der Waals surface area (Å²) < 4.78 is 31.7. The van der Waals surface area contributed by atoms with Crippen LogP contribution in [0.15, 0.2) is 51.8 Å². The van der Waals surface area contributed by atoms with E-state index in [1.807, 2.05) is 10.8 Å². The lowest BCUT2D eigenvalue weighted by molar-refractivity contribution is -0.114. The minimum Gasteiger partial charge on any atom is -0.461 e. The highest BCUT2D eigenvalue weighted by Gasteiger charge is 2.36. The van der Waals surface area contributed by atoms with Gasteiger partial charge >= 0.3 is 0 Å². The fourth-order valence-electron chi connectivity index (χ4n) is 2.37. The number of nitrogens with one attached hydrogen (secondary N) is 1. The number of benzene rings is 1. The highest BCUT2D eigenvalue weighted by Crippen LogP contribution is 2.47. The maximum Gasteiger partial charge on any atom is 0.264 e. The second-order valence-electron chi connectivity index (χ2n) is 5.82. The Bertz CT molecular complexity index is 884. The SMILES string of the molecule is CC1CC1c1ccc(/C=C/C(=O)NS(=O)(=O)c2ccc(Cl)cc2)o1. The third kappa shape index (κ3) is 3.88. The van der Waals surface area contributed by atoms with Crippen molar-refractivity contribution in [3.63, 3.8) is 0 Å². The van der Waals surface area contributed by atoms with E-state index in [4.69, 9.17) is 16.0 Å². The Morgan fingerprint density at radius 3 is 2.54 bits per heavy atom. The summed E-state index contributed by atoms with van der Waals surface area (Å²) >= 11 is 5.72. The molecule has 1 N–H and O–H groups in total. The molecule has 0 radical (unpaired) electrons. The first kappa shape index (κ1) is 16.8. The van der Waals surface area contributed by atoms with E-state index < -0.39 is 15.9 Å². The van der Waals surface area contributed by atoms with Crippen molar-refractivity contribution < 1.29 is 17.6 Å². The number of furan rings is 1. The molecule has 0 saturated heterocycles. The predicted molar refractivity (Wildman–Crippen MR) is 91.0 cm³/mol. The molecule has 7 heteroatoms. The first-order valence-corrected chi connectivity index (χ1v) is 9.31. The van der Waals surface area contributed by atoms with Gasteiger partial charge in [-0.05, 0) is 54.8 Å². The van der Waals surface area contributed by atoms with Crippen molar-refractivity contribution in [2.45, 2.75) is 24.2 Å². The zero-order chi connectivity index (χ0) is 17.3. The van der Waals surface area contributed by atoms with Gasteiger partial charge in [0.25, 0.3) is 15.9 Å². The van der Waals surface area contributed by atoms with E-state index in [1.165, 1.54) is 30.3 Å². The van der Waals surface area contributed by atoms with Gasteiger partial charge in [-0.2, -0.15) is 0 Å². The van der Waals surface area contributed by atoms with Crippen molar-refractivity contribution in [3.8, 4) is 0 Å². The Labute approximate surface area is 145 Å². The van der Waals surface area contributed by atoms with Gasteiger partial charge in [0.05, 0.1) is 4.90 Å².